The molecule has 0 unspecified atom stereocenters. The van der Waals surface area contributed by atoms with Crippen molar-refractivity contribution >= 4 is 45.2 Å². The minimum atomic E-state index is -0.750. The number of carbonyl (C=O) groups is 1. The van der Waals surface area contributed by atoms with Gasteiger partial charge in [-0.05, 0) is 32.9 Å². The van der Waals surface area contributed by atoms with Crippen LogP contribution >= 0.6 is 23.1 Å². The van der Waals surface area contributed by atoms with E-state index in [0.717, 1.165) is 10.5 Å². The third kappa shape index (κ3) is 3.12. The molecule has 0 atom stereocenters. The van der Waals surface area contributed by atoms with Gasteiger partial charge in [-0.15, -0.1) is 10.2 Å². The number of benzene rings is 1. The van der Waals surface area contributed by atoms with E-state index in [4.69, 9.17) is 4.42 Å². The lowest BCUT2D eigenvalue weighted by atomic mass is 10.2. The summed E-state index contributed by atoms with van der Waals surface area (Å²) in [6.45, 7) is 5.47. The number of carbonyl (C=O) groups excluding carboxylic acids is 1. The Bertz CT molecular complexity index is 792. The van der Waals surface area contributed by atoms with E-state index in [1.165, 1.54) is 23.1 Å². The van der Waals surface area contributed by atoms with Crippen LogP contribution in [0.3, 0.4) is 0 Å². The summed E-state index contributed by atoms with van der Waals surface area (Å²) in [5.74, 6) is -0.170. The Balaban J connectivity index is 1.75. The van der Waals surface area contributed by atoms with Crippen LogP contribution in [0.2, 0.25) is 0 Å². The second-order valence-corrected chi connectivity index (χ2v) is 7.90. The first-order valence-electron chi connectivity index (χ1n) is 6.60. The predicted molar refractivity (Wildman–Crippen MR) is 87.2 cm³/mol. The van der Waals surface area contributed by atoms with Crippen molar-refractivity contribution in [2.45, 2.75) is 30.7 Å². The zero-order valence-electron chi connectivity index (χ0n) is 12.3. The lowest BCUT2D eigenvalue weighted by Crippen LogP contribution is -2.33. The molecule has 0 saturated carbocycles. The van der Waals surface area contributed by atoms with Gasteiger partial charge in [-0.25, -0.2) is 4.98 Å². The summed E-state index contributed by atoms with van der Waals surface area (Å²) < 4.78 is 4.91. The Hall–Kier alpha value is -1.93. The summed E-state index contributed by atoms with van der Waals surface area (Å²) in [7, 11) is 0. The van der Waals surface area contributed by atoms with Gasteiger partial charge in [0.05, 0.1) is 4.75 Å². The first-order valence-corrected chi connectivity index (χ1v) is 8.23. The maximum Gasteiger partial charge on any atom is 0.257 e. The van der Waals surface area contributed by atoms with Gasteiger partial charge in [0.25, 0.3) is 5.22 Å². The van der Waals surface area contributed by atoms with Gasteiger partial charge in [-0.3, -0.25) is 10.1 Å². The van der Waals surface area contributed by atoms with Crippen LogP contribution in [0, 0.1) is 6.92 Å². The molecule has 0 aliphatic heterocycles. The van der Waals surface area contributed by atoms with Gasteiger partial charge >= 0.3 is 0 Å². The third-order valence-corrected chi connectivity index (χ3v) is 4.71. The number of para-hydroxylation sites is 2. The number of anilines is 1. The van der Waals surface area contributed by atoms with Crippen molar-refractivity contribution in [3.63, 3.8) is 0 Å². The zero-order valence-corrected chi connectivity index (χ0v) is 13.9. The molecule has 0 radical (unpaired) electrons. The van der Waals surface area contributed by atoms with Crippen molar-refractivity contribution in [2.75, 3.05) is 5.32 Å². The fourth-order valence-corrected chi connectivity index (χ4v) is 3.20. The van der Waals surface area contributed by atoms with E-state index >= 15 is 0 Å². The summed E-state index contributed by atoms with van der Waals surface area (Å²) in [6, 6.07) is 7.51. The molecular weight excluding hydrogens is 320 g/mol. The topological polar surface area (TPSA) is 80.9 Å². The highest BCUT2D eigenvalue weighted by atomic mass is 32.2. The average Bonchev–Trinajstić information content (AvgIpc) is 3.03. The van der Waals surface area contributed by atoms with Crippen LogP contribution < -0.4 is 5.32 Å². The van der Waals surface area contributed by atoms with Crippen molar-refractivity contribution in [2.24, 2.45) is 0 Å². The number of fused-ring (bicyclic) bond motifs is 1. The number of nitrogens with zero attached hydrogens (tertiary/aromatic N) is 3. The summed E-state index contributed by atoms with van der Waals surface area (Å²) in [4.78, 5) is 16.8. The molecule has 0 aliphatic carbocycles. The fourth-order valence-electron chi connectivity index (χ4n) is 1.75. The lowest BCUT2D eigenvalue weighted by molar-refractivity contribution is -0.117. The van der Waals surface area contributed by atoms with E-state index in [1.54, 1.807) is 0 Å². The van der Waals surface area contributed by atoms with E-state index in [0.29, 0.717) is 15.9 Å². The molecule has 1 aromatic carbocycles. The maximum absolute atomic E-state index is 12.4. The Labute approximate surface area is 135 Å². The maximum atomic E-state index is 12.4. The molecule has 22 heavy (non-hydrogen) atoms. The van der Waals surface area contributed by atoms with Crippen LogP contribution in [0.15, 0.2) is 33.9 Å². The average molecular weight is 334 g/mol. The molecular formula is C14H14N4O2S2. The highest BCUT2D eigenvalue weighted by Crippen LogP contribution is 2.34. The van der Waals surface area contributed by atoms with Gasteiger partial charge in [0.2, 0.25) is 11.0 Å². The molecule has 0 spiro atoms. The SMILES string of the molecule is Cc1nnc(NC(=O)C(C)(C)Sc2nc3ccccc3o2)s1. The monoisotopic (exact) mass is 334 g/mol. The first-order chi connectivity index (χ1) is 10.4. The van der Waals surface area contributed by atoms with Crippen LogP contribution in [0.4, 0.5) is 5.13 Å². The summed E-state index contributed by atoms with van der Waals surface area (Å²) >= 11 is 2.61. The number of hydrogen-bond acceptors (Lipinski definition) is 7. The second-order valence-electron chi connectivity index (χ2n) is 5.14. The lowest BCUT2D eigenvalue weighted by Gasteiger charge is -2.19. The van der Waals surface area contributed by atoms with Gasteiger partial charge < -0.3 is 4.42 Å². The Morgan fingerprint density at radius 3 is 2.77 bits per heavy atom. The summed E-state index contributed by atoms with van der Waals surface area (Å²) in [6.07, 6.45) is 0. The Morgan fingerprint density at radius 1 is 1.32 bits per heavy atom. The minimum absolute atomic E-state index is 0.170. The molecule has 6 nitrogen and oxygen atoms in total. The normalized spacial score (nSPS) is 11.8. The number of rotatable bonds is 4. The molecule has 2 aromatic heterocycles. The molecule has 2 heterocycles. The van der Waals surface area contributed by atoms with Crippen molar-refractivity contribution in [3.8, 4) is 0 Å². The molecule has 114 valence electrons. The zero-order chi connectivity index (χ0) is 15.7. The number of aryl methyl sites for hydroxylation is 1. The highest BCUT2D eigenvalue weighted by Gasteiger charge is 2.32. The predicted octanol–water partition coefficient (Wildman–Crippen LogP) is 3.50. The second kappa shape index (κ2) is 5.69. The largest absolute Gasteiger partial charge is 0.431 e. The van der Waals surface area contributed by atoms with Crippen LogP contribution in [0.1, 0.15) is 18.9 Å². The van der Waals surface area contributed by atoms with Gasteiger partial charge in [0.15, 0.2) is 5.58 Å². The Morgan fingerprint density at radius 2 is 2.09 bits per heavy atom. The summed E-state index contributed by atoms with van der Waals surface area (Å²) in [5, 5.41) is 12.3. The van der Waals surface area contributed by atoms with E-state index in [-0.39, 0.29) is 5.91 Å². The molecule has 1 amide bonds. The fraction of sp³-hybridized carbons (Fsp3) is 0.286. The molecule has 3 rings (SSSR count). The van der Waals surface area contributed by atoms with E-state index in [1.807, 2.05) is 45.0 Å². The van der Waals surface area contributed by atoms with Gasteiger partial charge in [0, 0.05) is 0 Å². The van der Waals surface area contributed by atoms with Crippen molar-refractivity contribution in [1.29, 1.82) is 0 Å². The van der Waals surface area contributed by atoms with Crippen LogP contribution in [-0.2, 0) is 4.79 Å². The van der Waals surface area contributed by atoms with E-state index < -0.39 is 4.75 Å². The molecule has 0 aliphatic rings. The molecule has 8 heteroatoms. The number of nitrogens with one attached hydrogen (secondary N) is 1. The Kier molecular flexibility index (Phi) is 3.88. The quantitative estimate of drug-likeness (QED) is 0.736. The number of hydrogen-bond donors (Lipinski definition) is 1. The number of amides is 1. The van der Waals surface area contributed by atoms with Gasteiger partial charge in [-0.2, -0.15) is 0 Å². The molecule has 0 saturated heterocycles. The molecule has 0 fully saturated rings. The standard InChI is InChI=1S/C14H14N4O2S2/c1-8-17-18-12(21-8)16-11(19)14(2,3)22-13-15-9-6-4-5-7-10(9)20-13/h4-7H,1-3H3,(H,16,18,19). The first kappa shape index (κ1) is 15.0. The number of aromatic nitrogens is 3. The highest BCUT2D eigenvalue weighted by molar-refractivity contribution is 8.01. The third-order valence-electron chi connectivity index (χ3n) is 2.91. The summed E-state index contributed by atoms with van der Waals surface area (Å²) in [5.41, 5.74) is 1.49. The van der Waals surface area contributed by atoms with Crippen molar-refractivity contribution in [3.05, 3.63) is 29.3 Å². The molecule has 1 N–H and O–H groups in total. The number of oxazole rings is 1. The van der Waals surface area contributed by atoms with Crippen LogP contribution in [0.5, 0.6) is 0 Å². The van der Waals surface area contributed by atoms with Gasteiger partial charge in [-0.1, -0.05) is 35.2 Å². The number of thioether (sulfide) groups is 1. The van der Waals surface area contributed by atoms with Gasteiger partial charge in [0.1, 0.15) is 10.5 Å². The van der Waals surface area contributed by atoms with Crippen LogP contribution in [0.25, 0.3) is 11.1 Å². The molecule has 3 aromatic rings. The van der Waals surface area contributed by atoms with Crippen molar-refractivity contribution in [1.82, 2.24) is 15.2 Å². The minimum Gasteiger partial charge on any atom is -0.431 e. The van der Waals surface area contributed by atoms with E-state index in [2.05, 4.69) is 20.5 Å². The van der Waals surface area contributed by atoms with Crippen molar-refractivity contribution < 1.29 is 9.21 Å². The van der Waals surface area contributed by atoms with Crippen LogP contribution in [-0.4, -0.2) is 25.8 Å². The smallest absolute Gasteiger partial charge is 0.257 e. The van der Waals surface area contributed by atoms with E-state index in [9.17, 15) is 4.79 Å². The molecule has 0 bridgehead atoms.